The maximum atomic E-state index is 14.7. The van der Waals surface area contributed by atoms with Gasteiger partial charge in [0.25, 0.3) is 0 Å². The zero-order chi connectivity index (χ0) is 24.3. The first-order valence-electron chi connectivity index (χ1n) is 10.6. The number of anilines is 4. The van der Waals surface area contributed by atoms with Gasteiger partial charge in [0.2, 0.25) is 10.0 Å². The van der Waals surface area contributed by atoms with Crippen LogP contribution in [0.4, 0.5) is 27.3 Å². The largest absolute Gasteiger partial charge is 0.378 e. The topological polar surface area (TPSA) is 120 Å². The number of nitrogens with zero attached hydrogens (tertiary/aromatic N) is 4. The van der Waals surface area contributed by atoms with Gasteiger partial charge in [0.1, 0.15) is 28.8 Å². The van der Waals surface area contributed by atoms with Gasteiger partial charge >= 0.3 is 0 Å². The SMILES string of the molecule is CCCS(=O)(=O)Nc1ccc(F)c(Nc2ccc3ncc(N4CCOCC4)nc3c2C#N)c1Cl. The van der Waals surface area contributed by atoms with Crippen molar-refractivity contribution < 1.29 is 17.5 Å². The summed E-state index contributed by atoms with van der Waals surface area (Å²) in [4.78, 5) is 11.1. The highest BCUT2D eigenvalue weighted by Crippen LogP contribution is 2.37. The summed E-state index contributed by atoms with van der Waals surface area (Å²) in [5, 5.41) is 12.6. The number of rotatable bonds is 7. The fraction of sp³-hybridized carbons (Fsp3) is 0.318. The van der Waals surface area contributed by atoms with E-state index in [2.05, 4.69) is 26.1 Å². The van der Waals surface area contributed by atoms with Crippen molar-refractivity contribution in [2.45, 2.75) is 13.3 Å². The molecule has 0 spiro atoms. The van der Waals surface area contributed by atoms with Gasteiger partial charge < -0.3 is 15.0 Å². The number of sulfonamides is 1. The molecule has 3 aromatic rings. The van der Waals surface area contributed by atoms with Gasteiger partial charge in [-0.2, -0.15) is 5.26 Å². The molecule has 9 nitrogen and oxygen atoms in total. The van der Waals surface area contributed by atoms with E-state index in [0.29, 0.717) is 49.6 Å². The lowest BCUT2D eigenvalue weighted by molar-refractivity contribution is 0.122. The molecule has 0 radical (unpaired) electrons. The Morgan fingerprint density at radius 2 is 1.97 bits per heavy atom. The molecule has 0 aliphatic carbocycles. The lowest BCUT2D eigenvalue weighted by Gasteiger charge is -2.27. The van der Waals surface area contributed by atoms with E-state index >= 15 is 0 Å². The monoisotopic (exact) mass is 504 g/mol. The number of morpholine rings is 1. The van der Waals surface area contributed by atoms with E-state index in [1.165, 1.54) is 6.07 Å². The second-order valence-corrected chi connectivity index (χ2v) is 9.84. The normalized spacial score (nSPS) is 14.1. The Labute approximate surface area is 201 Å². The Hall–Kier alpha value is -3.20. The van der Waals surface area contributed by atoms with Crippen LogP contribution in [0.2, 0.25) is 5.02 Å². The smallest absolute Gasteiger partial charge is 0.232 e. The van der Waals surface area contributed by atoms with E-state index in [1.54, 1.807) is 25.3 Å². The molecule has 2 aromatic carbocycles. The highest BCUT2D eigenvalue weighted by molar-refractivity contribution is 7.92. The minimum absolute atomic E-state index is 0.0349. The molecule has 34 heavy (non-hydrogen) atoms. The molecule has 1 fully saturated rings. The predicted molar refractivity (Wildman–Crippen MR) is 130 cm³/mol. The van der Waals surface area contributed by atoms with Gasteiger partial charge in [0.05, 0.1) is 52.8 Å². The molecule has 2 N–H and O–H groups in total. The van der Waals surface area contributed by atoms with E-state index in [1.807, 2.05) is 4.90 Å². The minimum atomic E-state index is -3.64. The first kappa shape index (κ1) is 23.9. The van der Waals surface area contributed by atoms with Gasteiger partial charge in [-0.25, -0.2) is 17.8 Å². The Bertz CT molecular complexity index is 1370. The summed E-state index contributed by atoms with van der Waals surface area (Å²) < 4.78 is 46.8. The fourth-order valence-electron chi connectivity index (χ4n) is 3.60. The Morgan fingerprint density at radius 1 is 1.24 bits per heavy atom. The van der Waals surface area contributed by atoms with Gasteiger partial charge in [-0.05, 0) is 30.7 Å². The number of nitrogens with one attached hydrogen (secondary N) is 2. The number of benzene rings is 2. The zero-order valence-corrected chi connectivity index (χ0v) is 19.9. The molecule has 12 heteroatoms. The minimum Gasteiger partial charge on any atom is -0.378 e. The van der Waals surface area contributed by atoms with Crippen LogP contribution in [0.3, 0.4) is 0 Å². The summed E-state index contributed by atoms with van der Waals surface area (Å²) >= 11 is 6.35. The van der Waals surface area contributed by atoms with E-state index < -0.39 is 15.8 Å². The summed E-state index contributed by atoms with van der Waals surface area (Å²) in [5.74, 6) is -0.196. The summed E-state index contributed by atoms with van der Waals surface area (Å²) in [7, 11) is -3.64. The van der Waals surface area contributed by atoms with Crippen molar-refractivity contribution in [1.82, 2.24) is 9.97 Å². The zero-order valence-electron chi connectivity index (χ0n) is 18.3. The van der Waals surface area contributed by atoms with Crippen LogP contribution in [0.15, 0.2) is 30.5 Å². The van der Waals surface area contributed by atoms with Crippen LogP contribution in [0, 0.1) is 17.1 Å². The van der Waals surface area contributed by atoms with Gasteiger partial charge in [-0.3, -0.25) is 9.71 Å². The van der Waals surface area contributed by atoms with E-state index in [-0.39, 0.29) is 33.4 Å². The molecule has 0 amide bonds. The highest BCUT2D eigenvalue weighted by atomic mass is 35.5. The third-order valence-electron chi connectivity index (χ3n) is 5.24. The lowest BCUT2D eigenvalue weighted by atomic mass is 10.1. The van der Waals surface area contributed by atoms with Crippen LogP contribution in [-0.2, 0) is 14.8 Å². The number of aromatic nitrogens is 2. The number of halogens is 2. The molecule has 0 bridgehead atoms. The third kappa shape index (κ3) is 4.99. The molecule has 1 aliphatic heterocycles. The first-order valence-corrected chi connectivity index (χ1v) is 12.6. The van der Waals surface area contributed by atoms with Crippen LogP contribution in [-0.4, -0.2) is 50.4 Å². The van der Waals surface area contributed by atoms with Gasteiger partial charge in [0.15, 0.2) is 0 Å². The molecule has 0 atom stereocenters. The van der Waals surface area contributed by atoms with Crippen molar-refractivity contribution in [1.29, 1.82) is 5.26 Å². The van der Waals surface area contributed by atoms with Gasteiger partial charge in [-0.15, -0.1) is 0 Å². The Kier molecular flexibility index (Phi) is 7.02. The standard InChI is InChI=1S/C22H22ClFN6O3S/c1-2-11-34(31,32)29-17-4-3-15(24)22(20(17)23)27-16-5-6-18-21(14(16)12-25)28-19(13-26-18)30-7-9-33-10-8-30/h3-6,13,27,29H,2,7-11H2,1H3. The van der Waals surface area contributed by atoms with Crippen molar-refractivity contribution in [3.63, 3.8) is 0 Å². The Balaban J connectivity index is 1.73. The van der Waals surface area contributed by atoms with E-state index in [9.17, 15) is 18.1 Å². The summed E-state index contributed by atoms with van der Waals surface area (Å²) in [6, 6.07) is 7.70. The van der Waals surface area contributed by atoms with Crippen molar-refractivity contribution in [2.24, 2.45) is 0 Å². The number of hydrogen-bond donors (Lipinski definition) is 2. The second-order valence-electron chi connectivity index (χ2n) is 7.63. The Morgan fingerprint density at radius 3 is 2.68 bits per heavy atom. The van der Waals surface area contributed by atoms with Crippen LogP contribution < -0.4 is 14.9 Å². The summed E-state index contributed by atoms with van der Waals surface area (Å²) in [6.45, 7) is 4.18. The molecule has 2 heterocycles. The average molecular weight is 505 g/mol. The molecule has 0 saturated carbocycles. The van der Waals surface area contributed by atoms with Crippen molar-refractivity contribution in [2.75, 3.05) is 47.0 Å². The van der Waals surface area contributed by atoms with Crippen molar-refractivity contribution in [3.8, 4) is 6.07 Å². The maximum absolute atomic E-state index is 14.7. The van der Waals surface area contributed by atoms with E-state index in [4.69, 9.17) is 16.3 Å². The molecule has 1 aromatic heterocycles. The average Bonchev–Trinajstić information content (AvgIpc) is 2.83. The molecular weight excluding hydrogens is 483 g/mol. The first-order chi connectivity index (χ1) is 16.3. The second kappa shape index (κ2) is 9.97. The molecular formula is C22H22ClFN6O3S. The number of nitriles is 1. The van der Waals surface area contributed by atoms with Crippen LogP contribution in [0.25, 0.3) is 11.0 Å². The van der Waals surface area contributed by atoms with Crippen LogP contribution >= 0.6 is 11.6 Å². The van der Waals surface area contributed by atoms with Crippen molar-refractivity contribution in [3.05, 3.63) is 46.9 Å². The number of hydrogen-bond acceptors (Lipinski definition) is 8. The summed E-state index contributed by atoms with van der Waals surface area (Å²) in [5.41, 5.74) is 1.16. The third-order valence-corrected chi connectivity index (χ3v) is 7.11. The lowest BCUT2D eigenvalue weighted by Crippen LogP contribution is -2.36. The van der Waals surface area contributed by atoms with Crippen LogP contribution in [0.5, 0.6) is 0 Å². The van der Waals surface area contributed by atoms with Crippen LogP contribution in [0.1, 0.15) is 18.9 Å². The quantitative estimate of drug-likeness (QED) is 0.495. The van der Waals surface area contributed by atoms with E-state index in [0.717, 1.165) is 6.07 Å². The predicted octanol–water partition coefficient (Wildman–Crippen LogP) is 4.03. The molecule has 0 unspecified atom stereocenters. The highest BCUT2D eigenvalue weighted by Gasteiger charge is 2.20. The molecule has 178 valence electrons. The van der Waals surface area contributed by atoms with Gasteiger partial charge in [-0.1, -0.05) is 18.5 Å². The molecule has 1 saturated heterocycles. The molecule has 4 rings (SSSR count). The van der Waals surface area contributed by atoms with Crippen molar-refractivity contribution >= 4 is 55.5 Å². The summed E-state index contributed by atoms with van der Waals surface area (Å²) in [6.07, 6.45) is 2.06. The number of fused-ring (bicyclic) bond motifs is 1. The molecule has 1 aliphatic rings. The van der Waals surface area contributed by atoms with Gasteiger partial charge in [0, 0.05) is 13.1 Å². The number of ether oxygens (including phenoxy) is 1. The maximum Gasteiger partial charge on any atom is 0.232 e. The fourth-order valence-corrected chi connectivity index (χ4v) is 5.05.